The SMILES string of the molecule is COc1cccc(CNc2cnn(C3CCCC3)c(=O)c2Cl)c1. The molecule has 0 spiro atoms. The molecule has 3 rings (SSSR count). The van der Waals surface area contributed by atoms with E-state index in [-0.39, 0.29) is 16.6 Å². The van der Waals surface area contributed by atoms with Gasteiger partial charge in [-0.3, -0.25) is 4.79 Å². The zero-order chi connectivity index (χ0) is 16.2. The highest BCUT2D eigenvalue weighted by molar-refractivity contribution is 6.32. The summed E-state index contributed by atoms with van der Waals surface area (Å²) in [6, 6.07) is 7.92. The second-order valence-electron chi connectivity index (χ2n) is 5.77. The predicted octanol–water partition coefficient (Wildman–Crippen LogP) is 3.63. The van der Waals surface area contributed by atoms with Crippen LogP contribution in [0.25, 0.3) is 0 Å². The fraction of sp³-hybridized carbons (Fsp3) is 0.412. The lowest BCUT2D eigenvalue weighted by Gasteiger charge is -2.14. The van der Waals surface area contributed by atoms with E-state index < -0.39 is 0 Å². The zero-order valence-electron chi connectivity index (χ0n) is 13.1. The third-order valence-electron chi connectivity index (χ3n) is 4.23. The van der Waals surface area contributed by atoms with Gasteiger partial charge in [0.15, 0.2) is 0 Å². The maximum atomic E-state index is 12.4. The second kappa shape index (κ2) is 7.04. The molecule has 1 saturated carbocycles. The summed E-state index contributed by atoms with van der Waals surface area (Å²) in [4.78, 5) is 12.4. The Morgan fingerprint density at radius 1 is 1.39 bits per heavy atom. The van der Waals surface area contributed by atoms with Gasteiger partial charge in [0.2, 0.25) is 0 Å². The van der Waals surface area contributed by atoms with E-state index in [0.717, 1.165) is 37.0 Å². The maximum absolute atomic E-state index is 12.4. The molecule has 1 N–H and O–H groups in total. The minimum atomic E-state index is -0.214. The molecular formula is C17H20ClN3O2. The third-order valence-corrected chi connectivity index (χ3v) is 4.60. The lowest BCUT2D eigenvalue weighted by Crippen LogP contribution is -2.27. The molecule has 1 aromatic heterocycles. The number of rotatable bonds is 5. The van der Waals surface area contributed by atoms with Crippen LogP contribution in [0.2, 0.25) is 5.02 Å². The lowest BCUT2D eigenvalue weighted by molar-refractivity contribution is 0.414. The smallest absolute Gasteiger partial charge is 0.287 e. The number of methoxy groups -OCH3 is 1. The summed E-state index contributed by atoms with van der Waals surface area (Å²) in [5.41, 5.74) is 1.39. The van der Waals surface area contributed by atoms with Gasteiger partial charge in [0.1, 0.15) is 10.8 Å². The van der Waals surface area contributed by atoms with Crippen LogP contribution in [-0.2, 0) is 6.54 Å². The molecule has 0 aliphatic heterocycles. The Morgan fingerprint density at radius 3 is 2.91 bits per heavy atom. The molecule has 5 nitrogen and oxygen atoms in total. The van der Waals surface area contributed by atoms with Gasteiger partial charge in [-0.1, -0.05) is 36.6 Å². The van der Waals surface area contributed by atoms with Crippen molar-refractivity contribution in [2.24, 2.45) is 0 Å². The van der Waals surface area contributed by atoms with E-state index in [2.05, 4.69) is 10.4 Å². The number of halogens is 1. The van der Waals surface area contributed by atoms with Crippen LogP contribution in [0.5, 0.6) is 5.75 Å². The molecule has 1 aromatic carbocycles. The zero-order valence-corrected chi connectivity index (χ0v) is 13.8. The van der Waals surface area contributed by atoms with Crippen molar-refractivity contribution in [2.45, 2.75) is 38.3 Å². The number of aromatic nitrogens is 2. The van der Waals surface area contributed by atoms with E-state index in [1.54, 1.807) is 13.3 Å². The van der Waals surface area contributed by atoms with Crippen molar-refractivity contribution in [1.82, 2.24) is 9.78 Å². The maximum Gasteiger partial charge on any atom is 0.287 e. The summed E-state index contributed by atoms with van der Waals surface area (Å²) < 4.78 is 6.74. The van der Waals surface area contributed by atoms with Crippen molar-refractivity contribution < 1.29 is 4.74 Å². The number of benzene rings is 1. The highest BCUT2D eigenvalue weighted by atomic mass is 35.5. The van der Waals surface area contributed by atoms with Crippen molar-refractivity contribution >= 4 is 17.3 Å². The quantitative estimate of drug-likeness (QED) is 0.907. The monoisotopic (exact) mass is 333 g/mol. The molecule has 0 radical (unpaired) electrons. The van der Waals surface area contributed by atoms with Crippen LogP contribution in [-0.4, -0.2) is 16.9 Å². The van der Waals surface area contributed by atoms with Crippen LogP contribution >= 0.6 is 11.6 Å². The molecule has 122 valence electrons. The van der Waals surface area contributed by atoms with Crippen LogP contribution in [0.15, 0.2) is 35.3 Å². The summed E-state index contributed by atoms with van der Waals surface area (Å²) in [6.07, 6.45) is 5.93. The van der Waals surface area contributed by atoms with Crippen LogP contribution in [0.4, 0.5) is 5.69 Å². The molecule has 1 aliphatic rings. The average molecular weight is 334 g/mol. The average Bonchev–Trinajstić information content (AvgIpc) is 3.10. The van der Waals surface area contributed by atoms with Crippen molar-refractivity contribution in [3.8, 4) is 5.75 Å². The molecule has 1 heterocycles. The molecule has 6 heteroatoms. The first-order chi connectivity index (χ1) is 11.2. The van der Waals surface area contributed by atoms with Gasteiger partial charge in [-0.2, -0.15) is 5.10 Å². The summed E-state index contributed by atoms with van der Waals surface area (Å²) in [5, 5.41) is 7.68. The summed E-state index contributed by atoms with van der Waals surface area (Å²) in [7, 11) is 1.63. The Labute approximate surface area is 140 Å². The highest BCUT2D eigenvalue weighted by Gasteiger charge is 2.20. The Bertz CT molecular complexity index is 739. The Hall–Kier alpha value is -2.01. The minimum Gasteiger partial charge on any atom is -0.497 e. The van der Waals surface area contributed by atoms with Crippen molar-refractivity contribution in [2.75, 3.05) is 12.4 Å². The molecule has 1 aliphatic carbocycles. The van der Waals surface area contributed by atoms with Crippen molar-refractivity contribution in [3.05, 3.63) is 51.4 Å². The Kier molecular flexibility index (Phi) is 4.86. The summed E-state index contributed by atoms with van der Waals surface area (Å²) in [5.74, 6) is 0.796. The molecular weight excluding hydrogens is 314 g/mol. The van der Waals surface area contributed by atoms with Crippen molar-refractivity contribution in [3.63, 3.8) is 0 Å². The third kappa shape index (κ3) is 3.50. The summed E-state index contributed by atoms with van der Waals surface area (Å²) >= 11 is 6.24. The molecule has 0 bridgehead atoms. The predicted molar refractivity (Wildman–Crippen MR) is 91.3 cm³/mol. The molecule has 23 heavy (non-hydrogen) atoms. The lowest BCUT2D eigenvalue weighted by atomic mass is 10.2. The van der Waals surface area contributed by atoms with E-state index in [0.29, 0.717) is 12.2 Å². The fourth-order valence-electron chi connectivity index (χ4n) is 2.96. The van der Waals surface area contributed by atoms with E-state index in [1.165, 1.54) is 4.68 Å². The second-order valence-corrected chi connectivity index (χ2v) is 6.14. The van der Waals surface area contributed by atoms with Crippen LogP contribution in [0, 0.1) is 0 Å². The first kappa shape index (κ1) is 15.9. The molecule has 0 unspecified atom stereocenters. The first-order valence-electron chi connectivity index (χ1n) is 7.83. The normalized spacial score (nSPS) is 14.9. The standard InChI is InChI=1S/C17H20ClN3O2/c1-23-14-8-4-5-12(9-14)10-19-15-11-20-21(17(22)16(15)18)13-6-2-3-7-13/h4-5,8-9,11,13,19H,2-3,6-7,10H2,1H3. The molecule has 1 fully saturated rings. The molecule has 0 saturated heterocycles. The Balaban J connectivity index is 1.75. The number of hydrogen-bond acceptors (Lipinski definition) is 4. The van der Waals surface area contributed by atoms with Gasteiger partial charge in [0.05, 0.1) is 25.0 Å². The molecule has 0 atom stereocenters. The van der Waals surface area contributed by atoms with Crippen molar-refractivity contribution in [1.29, 1.82) is 0 Å². The van der Waals surface area contributed by atoms with Gasteiger partial charge in [0.25, 0.3) is 5.56 Å². The molecule has 0 amide bonds. The topological polar surface area (TPSA) is 56.1 Å². The summed E-state index contributed by atoms with van der Waals surface area (Å²) in [6.45, 7) is 0.547. The van der Waals surface area contributed by atoms with Gasteiger partial charge < -0.3 is 10.1 Å². The largest absolute Gasteiger partial charge is 0.497 e. The van der Waals surface area contributed by atoms with Gasteiger partial charge in [-0.15, -0.1) is 0 Å². The van der Waals surface area contributed by atoms with E-state index >= 15 is 0 Å². The van der Waals surface area contributed by atoms with E-state index in [4.69, 9.17) is 16.3 Å². The number of nitrogens with zero attached hydrogens (tertiary/aromatic N) is 2. The minimum absolute atomic E-state index is 0.187. The van der Waals surface area contributed by atoms with Crippen LogP contribution in [0.3, 0.4) is 0 Å². The number of anilines is 1. The molecule has 2 aromatic rings. The van der Waals surface area contributed by atoms with Crippen LogP contribution in [0.1, 0.15) is 37.3 Å². The van der Waals surface area contributed by atoms with Gasteiger partial charge in [-0.05, 0) is 30.5 Å². The van der Waals surface area contributed by atoms with Gasteiger partial charge >= 0.3 is 0 Å². The van der Waals surface area contributed by atoms with Gasteiger partial charge in [0, 0.05) is 6.54 Å². The number of hydrogen-bond donors (Lipinski definition) is 1. The van der Waals surface area contributed by atoms with Gasteiger partial charge in [-0.25, -0.2) is 4.68 Å². The van der Waals surface area contributed by atoms with E-state index in [1.807, 2.05) is 24.3 Å². The highest BCUT2D eigenvalue weighted by Crippen LogP contribution is 2.28. The Morgan fingerprint density at radius 2 is 2.17 bits per heavy atom. The number of nitrogens with one attached hydrogen (secondary N) is 1. The fourth-order valence-corrected chi connectivity index (χ4v) is 3.16. The van der Waals surface area contributed by atoms with Crippen LogP contribution < -0.4 is 15.6 Å². The number of ether oxygens (including phenoxy) is 1. The van der Waals surface area contributed by atoms with E-state index in [9.17, 15) is 4.79 Å². The first-order valence-corrected chi connectivity index (χ1v) is 8.21.